The zero-order chi connectivity index (χ0) is 14.7. The lowest BCUT2D eigenvalue weighted by Gasteiger charge is -1.99. The van der Waals surface area contributed by atoms with Crippen molar-refractivity contribution in [3.63, 3.8) is 0 Å². The van der Waals surface area contributed by atoms with Crippen LogP contribution in [0.25, 0.3) is 0 Å². The van der Waals surface area contributed by atoms with Crippen LogP contribution in [0.4, 0.5) is 0 Å². The molecule has 0 aromatic rings. The Morgan fingerprint density at radius 3 is 1.05 bits per heavy atom. The summed E-state index contributed by atoms with van der Waals surface area (Å²) in [6, 6.07) is 0. The van der Waals surface area contributed by atoms with Crippen molar-refractivity contribution in [2.24, 2.45) is 0 Å². The van der Waals surface area contributed by atoms with E-state index < -0.39 is 0 Å². The van der Waals surface area contributed by atoms with Crippen molar-refractivity contribution in [2.45, 2.75) is 117 Å². The molecule has 0 spiro atoms. The third kappa shape index (κ3) is 17.6. The average Bonchev–Trinajstić information content (AvgIpc) is 2.47. The zero-order valence-electron chi connectivity index (χ0n) is 14.3. The smallest absolute Gasteiger partial charge is 0.00886 e. The SMILES string of the molecule is CCCCCCCCC#CCCCCCCCCCC. The molecule has 0 unspecified atom stereocenters. The second-order valence-corrected chi connectivity index (χ2v) is 6.10. The van der Waals surface area contributed by atoms with Gasteiger partial charge >= 0.3 is 0 Å². The summed E-state index contributed by atoms with van der Waals surface area (Å²) in [5.74, 6) is 6.69. The molecule has 0 nitrogen and oxygen atoms in total. The Morgan fingerprint density at radius 2 is 0.700 bits per heavy atom. The first kappa shape index (κ1) is 19.6. The maximum absolute atomic E-state index is 3.35. The normalized spacial score (nSPS) is 10.3. The summed E-state index contributed by atoms with van der Waals surface area (Å²) in [7, 11) is 0. The number of unbranched alkanes of at least 4 members (excludes halogenated alkanes) is 14. The van der Waals surface area contributed by atoms with Crippen LogP contribution >= 0.6 is 0 Å². The van der Waals surface area contributed by atoms with Gasteiger partial charge in [0.05, 0.1) is 0 Å². The Kier molecular flexibility index (Phi) is 18.2. The van der Waals surface area contributed by atoms with Crippen molar-refractivity contribution in [1.82, 2.24) is 0 Å². The molecule has 0 N–H and O–H groups in total. The molecular formula is C20H38. The largest absolute Gasteiger partial charge is 0.103 e. The Hall–Kier alpha value is -0.440. The van der Waals surface area contributed by atoms with Gasteiger partial charge in [-0.2, -0.15) is 0 Å². The van der Waals surface area contributed by atoms with Gasteiger partial charge in [-0.1, -0.05) is 90.9 Å². The van der Waals surface area contributed by atoms with Gasteiger partial charge in [0.25, 0.3) is 0 Å². The van der Waals surface area contributed by atoms with Crippen LogP contribution in [0.15, 0.2) is 0 Å². The summed E-state index contributed by atoms with van der Waals surface area (Å²) in [5, 5.41) is 0. The first-order valence-electron chi connectivity index (χ1n) is 9.37. The minimum absolute atomic E-state index is 1.13. The molecule has 0 atom stereocenters. The van der Waals surface area contributed by atoms with Crippen molar-refractivity contribution in [3.8, 4) is 11.8 Å². The van der Waals surface area contributed by atoms with Crippen LogP contribution < -0.4 is 0 Å². The third-order valence-electron chi connectivity index (χ3n) is 3.94. The van der Waals surface area contributed by atoms with Gasteiger partial charge < -0.3 is 0 Å². The maximum Gasteiger partial charge on any atom is 0.00886 e. The highest BCUT2D eigenvalue weighted by molar-refractivity contribution is 4.98. The highest BCUT2D eigenvalue weighted by Gasteiger charge is 1.90. The summed E-state index contributed by atoms with van der Waals surface area (Å²) in [4.78, 5) is 0. The quantitative estimate of drug-likeness (QED) is 0.231. The summed E-state index contributed by atoms with van der Waals surface area (Å²) in [6.45, 7) is 4.56. The van der Waals surface area contributed by atoms with E-state index in [0.29, 0.717) is 0 Å². The fourth-order valence-electron chi connectivity index (χ4n) is 2.52. The number of hydrogen-bond donors (Lipinski definition) is 0. The number of hydrogen-bond acceptors (Lipinski definition) is 0. The van der Waals surface area contributed by atoms with Gasteiger partial charge in [-0.25, -0.2) is 0 Å². The molecular weight excluding hydrogens is 240 g/mol. The minimum Gasteiger partial charge on any atom is -0.103 e. The van der Waals surface area contributed by atoms with E-state index in [4.69, 9.17) is 0 Å². The van der Waals surface area contributed by atoms with Gasteiger partial charge in [-0.3, -0.25) is 0 Å². The highest BCUT2D eigenvalue weighted by Crippen LogP contribution is 2.09. The molecule has 118 valence electrons. The fourth-order valence-corrected chi connectivity index (χ4v) is 2.52. The van der Waals surface area contributed by atoms with Crippen LogP contribution in [0, 0.1) is 11.8 Å². The molecule has 0 rings (SSSR count). The topological polar surface area (TPSA) is 0 Å². The predicted molar refractivity (Wildman–Crippen MR) is 93.0 cm³/mol. The second-order valence-electron chi connectivity index (χ2n) is 6.10. The van der Waals surface area contributed by atoms with Gasteiger partial charge in [-0.05, 0) is 12.8 Å². The Morgan fingerprint density at radius 1 is 0.400 bits per heavy atom. The molecule has 0 heteroatoms. The molecule has 0 aliphatic carbocycles. The molecule has 20 heavy (non-hydrogen) atoms. The highest BCUT2D eigenvalue weighted by atomic mass is 14.0. The molecule has 0 bridgehead atoms. The molecule has 0 amide bonds. The van der Waals surface area contributed by atoms with E-state index in [-0.39, 0.29) is 0 Å². The maximum atomic E-state index is 3.35. The van der Waals surface area contributed by atoms with Crippen LogP contribution in [0.3, 0.4) is 0 Å². The van der Waals surface area contributed by atoms with E-state index in [9.17, 15) is 0 Å². The van der Waals surface area contributed by atoms with E-state index in [1.807, 2.05) is 0 Å². The van der Waals surface area contributed by atoms with Crippen molar-refractivity contribution in [2.75, 3.05) is 0 Å². The molecule has 0 aromatic carbocycles. The van der Waals surface area contributed by atoms with Crippen molar-refractivity contribution >= 4 is 0 Å². The first-order chi connectivity index (χ1) is 9.91. The molecule has 0 aliphatic rings. The molecule has 0 heterocycles. The van der Waals surface area contributed by atoms with Gasteiger partial charge in [-0.15, -0.1) is 11.8 Å². The summed E-state index contributed by atoms with van der Waals surface area (Å²) in [6.07, 6.45) is 21.8. The Labute approximate surface area is 129 Å². The van der Waals surface area contributed by atoms with Crippen LogP contribution in [-0.4, -0.2) is 0 Å². The van der Waals surface area contributed by atoms with Crippen molar-refractivity contribution in [3.05, 3.63) is 0 Å². The van der Waals surface area contributed by atoms with E-state index in [2.05, 4.69) is 25.7 Å². The monoisotopic (exact) mass is 278 g/mol. The lowest BCUT2D eigenvalue weighted by atomic mass is 10.1. The number of rotatable bonds is 14. The second kappa shape index (κ2) is 18.6. The molecule has 0 fully saturated rings. The molecule has 0 aliphatic heterocycles. The lowest BCUT2D eigenvalue weighted by Crippen LogP contribution is -1.80. The first-order valence-corrected chi connectivity index (χ1v) is 9.37. The minimum atomic E-state index is 1.13. The van der Waals surface area contributed by atoms with E-state index in [0.717, 1.165) is 12.8 Å². The fraction of sp³-hybridized carbons (Fsp3) is 0.900. The third-order valence-corrected chi connectivity index (χ3v) is 3.94. The summed E-state index contributed by atoms with van der Waals surface area (Å²) < 4.78 is 0. The van der Waals surface area contributed by atoms with E-state index in [1.165, 1.54) is 89.9 Å². The van der Waals surface area contributed by atoms with Crippen LogP contribution in [-0.2, 0) is 0 Å². The lowest BCUT2D eigenvalue weighted by molar-refractivity contribution is 0.579. The average molecular weight is 279 g/mol. The van der Waals surface area contributed by atoms with Crippen molar-refractivity contribution < 1.29 is 0 Å². The van der Waals surface area contributed by atoms with Gasteiger partial charge in [0.15, 0.2) is 0 Å². The molecule has 0 saturated heterocycles. The molecule has 0 aromatic heterocycles. The van der Waals surface area contributed by atoms with E-state index in [1.54, 1.807) is 0 Å². The zero-order valence-corrected chi connectivity index (χ0v) is 14.3. The molecule has 0 saturated carbocycles. The van der Waals surface area contributed by atoms with Crippen LogP contribution in [0.5, 0.6) is 0 Å². The van der Waals surface area contributed by atoms with Gasteiger partial charge in [0.2, 0.25) is 0 Å². The standard InChI is InChI=1S/C20H38/c1-3-5-7-9-11-13-15-17-19-20-18-16-14-12-10-8-6-4-2/h3-17,19H2,1-2H3. The van der Waals surface area contributed by atoms with E-state index >= 15 is 0 Å². The van der Waals surface area contributed by atoms with Crippen LogP contribution in [0.2, 0.25) is 0 Å². The summed E-state index contributed by atoms with van der Waals surface area (Å²) >= 11 is 0. The Balaban J connectivity index is 3.06. The molecule has 0 radical (unpaired) electrons. The summed E-state index contributed by atoms with van der Waals surface area (Å²) in [5.41, 5.74) is 0. The van der Waals surface area contributed by atoms with Gasteiger partial charge in [0, 0.05) is 12.8 Å². The van der Waals surface area contributed by atoms with Crippen molar-refractivity contribution in [1.29, 1.82) is 0 Å². The Bertz CT molecular complexity index is 218. The predicted octanol–water partition coefficient (Wildman–Crippen LogP) is 7.27. The van der Waals surface area contributed by atoms with Gasteiger partial charge in [0.1, 0.15) is 0 Å². The van der Waals surface area contributed by atoms with Crippen LogP contribution in [0.1, 0.15) is 117 Å².